The fraction of sp³-hybridized carbons (Fsp3) is 0.500. The summed E-state index contributed by atoms with van der Waals surface area (Å²) in [6.07, 6.45) is 11.5. The maximum Gasteiger partial charge on any atom is 0.338 e. The minimum absolute atomic E-state index is 0.0590. The van der Waals surface area contributed by atoms with Crippen LogP contribution in [0, 0.1) is 0 Å². The molecule has 0 fully saturated rings. The predicted molar refractivity (Wildman–Crippen MR) is 115 cm³/mol. The number of hydrogen-bond donors (Lipinski definition) is 0. The number of carbonyl (C=O) groups is 2. The monoisotopic (exact) mass is 396 g/mol. The molecule has 0 saturated carbocycles. The fourth-order valence-corrected chi connectivity index (χ4v) is 3.06. The Morgan fingerprint density at radius 3 is 2.21 bits per heavy atom. The van der Waals surface area contributed by atoms with Gasteiger partial charge in [-0.1, -0.05) is 51.7 Å². The number of aryl methyl sites for hydroxylation is 1. The summed E-state index contributed by atoms with van der Waals surface area (Å²) in [6.45, 7) is 5.76. The van der Waals surface area contributed by atoms with Crippen LogP contribution in [-0.4, -0.2) is 27.8 Å². The number of ketones is 1. The van der Waals surface area contributed by atoms with E-state index >= 15 is 0 Å². The van der Waals surface area contributed by atoms with E-state index in [9.17, 15) is 9.59 Å². The van der Waals surface area contributed by atoms with E-state index in [0.29, 0.717) is 17.8 Å². The lowest BCUT2D eigenvalue weighted by Gasteiger charge is -2.12. The lowest BCUT2D eigenvalue weighted by Crippen LogP contribution is -2.24. The Hall–Kier alpha value is -2.56. The predicted octanol–water partition coefficient (Wildman–Crippen LogP) is 5.57. The quantitative estimate of drug-likeness (QED) is 0.346. The van der Waals surface area contributed by atoms with Gasteiger partial charge < -0.3 is 4.74 Å². The Balaban J connectivity index is 1.90. The van der Waals surface area contributed by atoms with Crippen molar-refractivity contribution in [3.8, 4) is 11.4 Å². The van der Waals surface area contributed by atoms with Gasteiger partial charge in [0.2, 0.25) is 0 Å². The molecule has 0 amide bonds. The molecule has 1 heterocycles. The normalized spacial score (nSPS) is 11.8. The van der Waals surface area contributed by atoms with Crippen molar-refractivity contribution in [2.45, 2.75) is 78.2 Å². The molecule has 0 saturated heterocycles. The summed E-state index contributed by atoms with van der Waals surface area (Å²) in [7, 11) is 0. The SMILES string of the molecule is CCCCCCCc1cnc(-c2ccc(C(=O)OC(C)C(=O)CCC)cc2)nc1. The van der Waals surface area contributed by atoms with Crippen molar-refractivity contribution >= 4 is 11.8 Å². The highest BCUT2D eigenvalue weighted by Gasteiger charge is 2.18. The molecule has 5 nitrogen and oxygen atoms in total. The molecule has 1 unspecified atom stereocenters. The van der Waals surface area contributed by atoms with Crippen molar-refractivity contribution in [2.24, 2.45) is 0 Å². The van der Waals surface area contributed by atoms with Gasteiger partial charge in [0, 0.05) is 24.4 Å². The highest BCUT2D eigenvalue weighted by molar-refractivity contribution is 5.93. The number of rotatable bonds is 12. The lowest BCUT2D eigenvalue weighted by atomic mass is 10.1. The Morgan fingerprint density at radius 1 is 0.931 bits per heavy atom. The van der Waals surface area contributed by atoms with Crippen LogP contribution in [0.5, 0.6) is 0 Å². The summed E-state index contributed by atoms with van der Waals surface area (Å²) in [5.41, 5.74) is 2.40. The highest BCUT2D eigenvalue weighted by Crippen LogP contribution is 2.17. The molecule has 0 radical (unpaired) electrons. The van der Waals surface area contributed by atoms with E-state index in [2.05, 4.69) is 16.9 Å². The third-order valence-electron chi connectivity index (χ3n) is 4.89. The van der Waals surface area contributed by atoms with Crippen molar-refractivity contribution in [1.29, 1.82) is 0 Å². The van der Waals surface area contributed by atoms with Gasteiger partial charge in [0.15, 0.2) is 17.7 Å². The number of ether oxygens (including phenoxy) is 1. The number of Topliss-reactive ketones (excluding diaryl/α,β-unsaturated/α-hetero) is 1. The summed E-state index contributed by atoms with van der Waals surface area (Å²) >= 11 is 0. The minimum Gasteiger partial charge on any atom is -0.451 e. The van der Waals surface area contributed by atoms with Crippen LogP contribution < -0.4 is 0 Å². The van der Waals surface area contributed by atoms with Crippen LogP contribution in [-0.2, 0) is 16.0 Å². The second-order valence-electron chi connectivity index (χ2n) is 7.42. The molecule has 0 bridgehead atoms. The molecule has 0 spiro atoms. The molecular formula is C24H32N2O3. The number of aromatic nitrogens is 2. The van der Waals surface area contributed by atoms with Crippen molar-refractivity contribution in [2.75, 3.05) is 0 Å². The first-order valence-electron chi connectivity index (χ1n) is 10.7. The van der Waals surface area contributed by atoms with Crippen molar-refractivity contribution in [3.05, 3.63) is 47.8 Å². The smallest absolute Gasteiger partial charge is 0.338 e. The molecule has 1 aromatic carbocycles. The topological polar surface area (TPSA) is 69.2 Å². The number of nitrogens with zero attached hydrogens (tertiary/aromatic N) is 2. The van der Waals surface area contributed by atoms with Crippen LogP contribution in [0.4, 0.5) is 0 Å². The van der Waals surface area contributed by atoms with Crippen LogP contribution in [0.15, 0.2) is 36.7 Å². The van der Waals surface area contributed by atoms with Crippen molar-refractivity contribution in [3.63, 3.8) is 0 Å². The number of unbranched alkanes of at least 4 members (excludes halogenated alkanes) is 4. The summed E-state index contributed by atoms with van der Waals surface area (Å²) in [5, 5.41) is 0. The molecule has 5 heteroatoms. The van der Waals surface area contributed by atoms with Crippen molar-refractivity contribution < 1.29 is 14.3 Å². The first-order chi connectivity index (χ1) is 14.0. The van der Waals surface area contributed by atoms with Crippen LogP contribution in [0.25, 0.3) is 11.4 Å². The van der Waals surface area contributed by atoms with Gasteiger partial charge in [-0.2, -0.15) is 0 Å². The van der Waals surface area contributed by atoms with Crippen molar-refractivity contribution in [1.82, 2.24) is 9.97 Å². The zero-order valence-electron chi connectivity index (χ0n) is 17.8. The zero-order chi connectivity index (χ0) is 21.1. The number of carbonyl (C=O) groups excluding carboxylic acids is 2. The molecule has 0 aliphatic carbocycles. The van der Waals surface area contributed by atoms with Crippen LogP contribution >= 0.6 is 0 Å². The molecule has 2 aromatic rings. The van der Waals surface area contributed by atoms with Gasteiger partial charge in [0.05, 0.1) is 5.56 Å². The average molecular weight is 397 g/mol. The second kappa shape index (κ2) is 12.1. The number of hydrogen-bond acceptors (Lipinski definition) is 5. The molecule has 1 atom stereocenters. The van der Waals surface area contributed by atoms with Gasteiger partial charge >= 0.3 is 5.97 Å². The molecule has 0 N–H and O–H groups in total. The number of esters is 1. The maximum atomic E-state index is 12.2. The third-order valence-corrected chi connectivity index (χ3v) is 4.89. The summed E-state index contributed by atoms with van der Waals surface area (Å²) in [6, 6.07) is 6.96. The van der Waals surface area contributed by atoms with Gasteiger partial charge in [0.25, 0.3) is 0 Å². The van der Waals surface area contributed by atoms with E-state index < -0.39 is 12.1 Å². The Kier molecular flexibility index (Phi) is 9.48. The maximum absolute atomic E-state index is 12.2. The Morgan fingerprint density at radius 2 is 1.59 bits per heavy atom. The average Bonchev–Trinajstić information content (AvgIpc) is 2.74. The summed E-state index contributed by atoms with van der Waals surface area (Å²) in [4.78, 5) is 32.9. The highest BCUT2D eigenvalue weighted by atomic mass is 16.5. The van der Waals surface area contributed by atoms with Gasteiger partial charge in [-0.05, 0) is 43.9 Å². The minimum atomic E-state index is -0.722. The molecule has 0 aliphatic rings. The fourth-order valence-electron chi connectivity index (χ4n) is 3.06. The first kappa shape index (κ1) is 22.7. The van der Waals surface area contributed by atoms with E-state index in [-0.39, 0.29) is 5.78 Å². The van der Waals surface area contributed by atoms with E-state index in [4.69, 9.17) is 4.74 Å². The Labute approximate surface area is 173 Å². The number of benzene rings is 1. The van der Waals surface area contributed by atoms with Crippen LogP contribution in [0.1, 0.15) is 81.6 Å². The van der Waals surface area contributed by atoms with Crippen LogP contribution in [0.3, 0.4) is 0 Å². The van der Waals surface area contributed by atoms with Gasteiger partial charge in [0.1, 0.15) is 0 Å². The first-order valence-corrected chi connectivity index (χ1v) is 10.7. The molecule has 0 aliphatic heterocycles. The van der Waals surface area contributed by atoms with E-state index in [1.54, 1.807) is 31.2 Å². The lowest BCUT2D eigenvalue weighted by molar-refractivity contribution is -0.126. The molecule has 156 valence electrons. The molecule has 29 heavy (non-hydrogen) atoms. The zero-order valence-corrected chi connectivity index (χ0v) is 17.8. The van der Waals surface area contributed by atoms with Crippen LogP contribution in [0.2, 0.25) is 0 Å². The largest absolute Gasteiger partial charge is 0.451 e. The van der Waals surface area contributed by atoms with Gasteiger partial charge in [-0.25, -0.2) is 14.8 Å². The summed E-state index contributed by atoms with van der Waals surface area (Å²) < 4.78 is 5.25. The van der Waals surface area contributed by atoms with E-state index in [1.807, 2.05) is 19.3 Å². The summed E-state index contributed by atoms with van der Waals surface area (Å²) in [5.74, 6) is 0.0790. The second-order valence-corrected chi connectivity index (χ2v) is 7.42. The molecular weight excluding hydrogens is 364 g/mol. The van der Waals surface area contributed by atoms with Gasteiger partial charge in [-0.15, -0.1) is 0 Å². The standard InChI is InChI=1S/C24H32N2O3/c1-4-6-7-8-9-11-19-16-25-23(26-17-19)20-12-14-21(15-13-20)24(28)29-18(3)22(27)10-5-2/h12-18H,4-11H2,1-3H3. The molecule has 2 rings (SSSR count). The van der Waals surface area contributed by atoms with E-state index in [0.717, 1.165) is 24.0 Å². The third kappa shape index (κ3) is 7.41. The molecule has 1 aromatic heterocycles. The van der Waals surface area contributed by atoms with E-state index in [1.165, 1.54) is 32.1 Å². The van der Waals surface area contributed by atoms with Gasteiger partial charge in [-0.3, -0.25) is 4.79 Å². The Bertz CT molecular complexity index is 770.